The van der Waals surface area contributed by atoms with Crippen molar-refractivity contribution >= 4 is 28.1 Å². The van der Waals surface area contributed by atoms with Gasteiger partial charge >= 0.3 is 11.9 Å². The Hall–Kier alpha value is -4.99. The first kappa shape index (κ1) is 22.8. The molecule has 0 radical (unpaired) electrons. The summed E-state index contributed by atoms with van der Waals surface area (Å²) in [5.74, 6) is 2.05. The van der Waals surface area contributed by atoms with Gasteiger partial charge in [-0.2, -0.15) is 9.67 Å². The van der Waals surface area contributed by atoms with Crippen LogP contribution in [-0.2, 0) is 0 Å². The van der Waals surface area contributed by atoms with Crippen molar-refractivity contribution in [1.29, 1.82) is 0 Å². The minimum atomic E-state index is -0.420. The molecular weight excluding hydrogens is 460 g/mol. The number of nitro groups is 1. The highest BCUT2D eigenvalue weighted by molar-refractivity contribution is 5.95. The standard InChI is InChI=1S/C26H23N6O4/c1-16-13-18-14-22(35-2)23(36-3)15-21(18)24(17-9-11-20(12-10-17)32(33)34)31(16)26-28-25(29-30-26)27-19-7-5-4-6-8-19/h4-15H,1-3H3,(H2,27,28,29,30)/q+1. The van der Waals surface area contributed by atoms with E-state index in [1.807, 2.05) is 60.0 Å². The number of hydrogen-bond donors (Lipinski definition) is 2. The Morgan fingerprint density at radius 3 is 2.33 bits per heavy atom. The molecule has 0 amide bonds. The monoisotopic (exact) mass is 483 g/mol. The van der Waals surface area contributed by atoms with Gasteiger partial charge in [0, 0.05) is 33.9 Å². The van der Waals surface area contributed by atoms with Crippen LogP contribution in [0.25, 0.3) is 28.0 Å². The summed E-state index contributed by atoms with van der Waals surface area (Å²) in [6.45, 7) is 1.95. The number of methoxy groups -OCH3 is 2. The van der Waals surface area contributed by atoms with E-state index >= 15 is 0 Å². The molecule has 180 valence electrons. The van der Waals surface area contributed by atoms with E-state index in [-0.39, 0.29) is 5.69 Å². The van der Waals surface area contributed by atoms with Gasteiger partial charge in [0.05, 0.1) is 24.8 Å². The number of hydrogen-bond acceptors (Lipinski definition) is 7. The number of fused-ring (bicyclic) bond motifs is 1. The maximum Gasteiger partial charge on any atom is 0.462 e. The van der Waals surface area contributed by atoms with Crippen LogP contribution in [-0.4, -0.2) is 34.3 Å². The number of rotatable bonds is 7. The van der Waals surface area contributed by atoms with Crippen molar-refractivity contribution < 1.29 is 19.0 Å². The Morgan fingerprint density at radius 1 is 0.972 bits per heavy atom. The van der Waals surface area contributed by atoms with Crippen LogP contribution in [0.2, 0.25) is 0 Å². The third-order valence-corrected chi connectivity index (χ3v) is 5.81. The molecule has 0 saturated heterocycles. The normalized spacial score (nSPS) is 10.9. The minimum absolute atomic E-state index is 0.00810. The van der Waals surface area contributed by atoms with E-state index in [1.165, 1.54) is 12.1 Å². The largest absolute Gasteiger partial charge is 0.493 e. The van der Waals surface area contributed by atoms with Gasteiger partial charge in [-0.1, -0.05) is 18.2 Å². The van der Waals surface area contributed by atoms with Crippen LogP contribution in [0.3, 0.4) is 0 Å². The molecule has 10 nitrogen and oxygen atoms in total. The van der Waals surface area contributed by atoms with Crippen LogP contribution in [0.15, 0.2) is 72.8 Å². The summed E-state index contributed by atoms with van der Waals surface area (Å²) in [5.41, 5.74) is 3.24. The van der Waals surface area contributed by atoms with Crippen LogP contribution in [0, 0.1) is 17.0 Å². The average Bonchev–Trinajstić information content (AvgIpc) is 3.35. The lowest BCUT2D eigenvalue weighted by Gasteiger charge is -2.15. The first-order valence-corrected chi connectivity index (χ1v) is 11.1. The number of aromatic nitrogens is 4. The average molecular weight is 484 g/mol. The number of H-pyrrole nitrogens is 1. The summed E-state index contributed by atoms with van der Waals surface area (Å²) in [4.78, 5) is 15.5. The molecule has 0 spiro atoms. The summed E-state index contributed by atoms with van der Waals surface area (Å²) in [7, 11) is 3.17. The van der Waals surface area contributed by atoms with Gasteiger partial charge in [0.1, 0.15) is 5.69 Å². The fourth-order valence-electron chi connectivity index (χ4n) is 4.16. The molecular formula is C26H23N6O4+. The zero-order chi connectivity index (χ0) is 25.2. The fourth-order valence-corrected chi connectivity index (χ4v) is 4.16. The van der Waals surface area contributed by atoms with Gasteiger partial charge in [0.25, 0.3) is 5.69 Å². The second-order valence-corrected chi connectivity index (χ2v) is 8.04. The molecule has 0 unspecified atom stereocenters. The molecule has 0 fully saturated rings. The van der Waals surface area contributed by atoms with E-state index in [2.05, 4.69) is 20.5 Å². The molecule has 2 aromatic heterocycles. The van der Waals surface area contributed by atoms with E-state index in [1.54, 1.807) is 26.4 Å². The van der Waals surface area contributed by atoms with Crippen LogP contribution in [0.4, 0.5) is 17.3 Å². The first-order valence-electron chi connectivity index (χ1n) is 11.1. The van der Waals surface area contributed by atoms with E-state index in [0.29, 0.717) is 23.4 Å². The lowest BCUT2D eigenvalue weighted by atomic mass is 10.0. The van der Waals surface area contributed by atoms with E-state index < -0.39 is 4.92 Å². The molecule has 0 atom stereocenters. The fraction of sp³-hybridized carbons (Fsp3) is 0.115. The van der Waals surface area contributed by atoms with Gasteiger partial charge in [0.2, 0.25) is 0 Å². The first-order chi connectivity index (χ1) is 17.5. The maximum atomic E-state index is 11.2. The van der Waals surface area contributed by atoms with Crippen molar-refractivity contribution in [3.63, 3.8) is 0 Å². The Kier molecular flexibility index (Phi) is 5.91. The second-order valence-electron chi connectivity index (χ2n) is 8.04. The van der Waals surface area contributed by atoms with E-state index in [0.717, 1.165) is 33.4 Å². The third-order valence-electron chi connectivity index (χ3n) is 5.81. The number of benzene rings is 3. The second kappa shape index (κ2) is 9.34. The molecule has 5 rings (SSSR count). The molecule has 2 N–H and O–H groups in total. The Morgan fingerprint density at radius 2 is 1.67 bits per heavy atom. The Balaban J connectivity index is 1.73. The number of non-ortho nitro benzene ring substituents is 1. The molecule has 10 heteroatoms. The van der Waals surface area contributed by atoms with Crippen molar-refractivity contribution in [3.05, 3.63) is 88.6 Å². The number of nitrogens with zero attached hydrogens (tertiary/aromatic N) is 4. The van der Waals surface area contributed by atoms with Gasteiger partial charge in [-0.25, -0.2) is 0 Å². The quantitative estimate of drug-likeness (QED) is 0.192. The minimum Gasteiger partial charge on any atom is -0.493 e. The highest BCUT2D eigenvalue weighted by atomic mass is 16.6. The zero-order valence-electron chi connectivity index (χ0n) is 19.9. The lowest BCUT2D eigenvalue weighted by Crippen LogP contribution is -2.38. The van der Waals surface area contributed by atoms with Crippen molar-refractivity contribution in [3.8, 4) is 28.7 Å². The number of pyridine rings is 1. The van der Waals surface area contributed by atoms with Gasteiger partial charge in [-0.05, 0) is 59.8 Å². The number of para-hydroxylation sites is 1. The smallest absolute Gasteiger partial charge is 0.462 e. The molecule has 36 heavy (non-hydrogen) atoms. The van der Waals surface area contributed by atoms with Gasteiger partial charge in [-0.15, -0.1) is 0 Å². The number of ether oxygens (including phenoxy) is 2. The summed E-state index contributed by atoms with van der Waals surface area (Å²) in [6, 6.07) is 21.8. The van der Waals surface area contributed by atoms with E-state index in [9.17, 15) is 10.1 Å². The van der Waals surface area contributed by atoms with Crippen molar-refractivity contribution in [1.82, 2.24) is 15.2 Å². The molecule has 5 aromatic rings. The van der Waals surface area contributed by atoms with Crippen molar-refractivity contribution in [2.75, 3.05) is 19.5 Å². The number of nitro benzene ring substituents is 1. The Bertz CT molecular complexity index is 1570. The molecule has 0 saturated carbocycles. The lowest BCUT2D eigenvalue weighted by molar-refractivity contribution is -0.597. The molecule has 3 aromatic carbocycles. The molecule has 0 aliphatic rings. The topological polar surface area (TPSA) is 119 Å². The predicted octanol–water partition coefficient (Wildman–Crippen LogP) is 4.88. The maximum absolute atomic E-state index is 11.2. The van der Waals surface area contributed by atoms with Crippen LogP contribution >= 0.6 is 0 Å². The van der Waals surface area contributed by atoms with Crippen LogP contribution in [0.5, 0.6) is 11.5 Å². The highest BCUT2D eigenvalue weighted by Crippen LogP contribution is 2.37. The third kappa shape index (κ3) is 4.16. The van der Waals surface area contributed by atoms with Crippen LogP contribution < -0.4 is 19.4 Å². The van der Waals surface area contributed by atoms with Crippen molar-refractivity contribution in [2.24, 2.45) is 0 Å². The molecule has 0 bridgehead atoms. The predicted molar refractivity (Wildman–Crippen MR) is 135 cm³/mol. The van der Waals surface area contributed by atoms with E-state index in [4.69, 9.17) is 9.47 Å². The number of aromatic amines is 1. The van der Waals surface area contributed by atoms with Crippen molar-refractivity contribution in [2.45, 2.75) is 6.92 Å². The summed E-state index contributed by atoms with van der Waals surface area (Å²) in [5, 5.41) is 23.6. The van der Waals surface area contributed by atoms with Crippen LogP contribution in [0.1, 0.15) is 5.69 Å². The zero-order valence-corrected chi connectivity index (χ0v) is 19.9. The Labute approximate surface area is 206 Å². The van der Waals surface area contributed by atoms with Gasteiger partial charge in [0.15, 0.2) is 11.5 Å². The molecule has 0 aliphatic heterocycles. The SMILES string of the molecule is COc1cc2cc(C)[n+](-c3n[nH]c(Nc4ccccc4)n3)c(-c3ccc([N+](=O)[O-])cc3)c2cc1OC. The number of nitrogens with one attached hydrogen (secondary N) is 2. The van der Waals surface area contributed by atoms with Gasteiger partial charge < -0.3 is 14.8 Å². The summed E-state index contributed by atoms with van der Waals surface area (Å²) in [6.07, 6.45) is 0. The summed E-state index contributed by atoms with van der Waals surface area (Å²) < 4.78 is 13.0. The highest BCUT2D eigenvalue weighted by Gasteiger charge is 2.26. The number of anilines is 2. The summed E-state index contributed by atoms with van der Waals surface area (Å²) >= 11 is 0. The molecule has 2 heterocycles. The molecule has 0 aliphatic carbocycles. The number of aryl methyl sites for hydroxylation is 1. The van der Waals surface area contributed by atoms with Gasteiger partial charge in [-0.3, -0.25) is 10.1 Å².